The Labute approximate surface area is 162 Å². The smallest absolute Gasteiger partial charge is 0.214 e. The van der Waals surface area contributed by atoms with Crippen LogP contribution in [0.5, 0.6) is 11.5 Å². The van der Waals surface area contributed by atoms with Gasteiger partial charge in [0.2, 0.25) is 5.16 Å². The van der Waals surface area contributed by atoms with Crippen LogP contribution in [-0.2, 0) is 0 Å². The van der Waals surface area contributed by atoms with Crippen molar-refractivity contribution in [3.63, 3.8) is 0 Å². The monoisotopic (exact) mass is 434 g/mol. The van der Waals surface area contributed by atoms with E-state index < -0.39 is 0 Å². The van der Waals surface area contributed by atoms with E-state index in [-0.39, 0.29) is 11.5 Å². The number of carbonyl (C=O) groups is 1. The zero-order chi connectivity index (χ0) is 18.5. The summed E-state index contributed by atoms with van der Waals surface area (Å²) in [5.41, 5.74) is 1.30. The quantitative estimate of drug-likeness (QED) is 0.416. The normalized spacial score (nSPS) is 10.6. The van der Waals surface area contributed by atoms with Gasteiger partial charge in [-0.25, -0.2) is 0 Å². The summed E-state index contributed by atoms with van der Waals surface area (Å²) in [6.07, 6.45) is 0. The van der Waals surface area contributed by atoms with E-state index in [0.29, 0.717) is 27.9 Å². The van der Waals surface area contributed by atoms with Gasteiger partial charge in [-0.1, -0.05) is 23.9 Å². The van der Waals surface area contributed by atoms with Gasteiger partial charge < -0.3 is 9.47 Å². The van der Waals surface area contributed by atoms with E-state index in [2.05, 4.69) is 31.5 Å². The number of rotatable bonds is 7. The molecule has 0 spiro atoms. The third kappa shape index (κ3) is 3.88. The fourth-order valence-corrected chi connectivity index (χ4v) is 3.60. The topological polar surface area (TPSA) is 79.1 Å². The molecule has 0 aliphatic carbocycles. The first-order valence-electron chi connectivity index (χ1n) is 7.55. The van der Waals surface area contributed by atoms with Crippen molar-refractivity contribution in [3.8, 4) is 17.2 Å². The molecule has 0 fully saturated rings. The number of aromatic nitrogens is 4. The molecule has 0 bridgehead atoms. The van der Waals surface area contributed by atoms with Gasteiger partial charge in [-0.3, -0.25) is 4.79 Å². The first-order chi connectivity index (χ1) is 12.6. The summed E-state index contributed by atoms with van der Waals surface area (Å²) >= 11 is 4.65. The van der Waals surface area contributed by atoms with Gasteiger partial charge in [0.15, 0.2) is 5.78 Å². The van der Waals surface area contributed by atoms with Crippen molar-refractivity contribution in [1.82, 2.24) is 20.2 Å². The predicted octanol–water partition coefficient (Wildman–Crippen LogP) is 3.42. The lowest BCUT2D eigenvalue weighted by Crippen LogP contribution is -2.06. The van der Waals surface area contributed by atoms with E-state index in [9.17, 15) is 4.79 Å². The second kappa shape index (κ2) is 8.33. The maximum atomic E-state index is 12.5. The van der Waals surface area contributed by atoms with Gasteiger partial charge in [-0.05, 0) is 56.7 Å². The lowest BCUT2D eigenvalue weighted by molar-refractivity contribution is 0.102. The van der Waals surface area contributed by atoms with E-state index in [1.165, 1.54) is 11.8 Å². The van der Waals surface area contributed by atoms with Crippen molar-refractivity contribution < 1.29 is 14.3 Å². The Hall–Kier alpha value is -2.39. The van der Waals surface area contributed by atoms with Crippen LogP contribution in [0.25, 0.3) is 5.69 Å². The van der Waals surface area contributed by atoms with Crippen LogP contribution < -0.4 is 9.47 Å². The molecule has 1 aromatic heterocycles. The van der Waals surface area contributed by atoms with Gasteiger partial charge in [0.25, 0.3) is 0 Å². The predicted molar refractivity (Wildman–Crippen MR) is 101 cm³/mol. The Morgan fingerprint density at radius 2 is 1.92 bits per heavy atom. The van der Waals surface area contributed by atoms with Crippen molar-refractivity contribution in [1.29, 1.82) is 0 Å². The molecule has 26 heavy (non-hydrogen) atoms. The van der Waals surface area contributed by atoms with E-state index in [0.717, 1.165) is 4.47 Å². The molecule has 0 unspecified atom stereocenters. The summed E-state index contributed by atoms with van der Waals surface area (Å²) in [5, 5.41) is 12.2. The highest BCUT2D eigenvalue weighted by molar-refractivity contribution is 9.10. The van der Waals surface area contributed by atoms with Gasteiger partial charge in [-0.15, -0.1) is 5.10 Å². The summed E-state index contributed by atoms with van der Waals surface area (Å²) in [7, 11) is 3.16. The van der Waals surface area contributed by atoms with Gasteiger partial charge in [0.05, 0.1) is 24.4 Å². The number of para-hydroxylation sites is 2. The molecule has 0 N–H and O–H groups in total. The number of halogens is 1. The fraction of sp³-hybridized carbons (Fsp3) is 0.176. The van der Waals surface area contributed by atoms with Crippen LogP contribution in [0.2, 0.25) is 0 Å². The third-order valence-corrected chi connectivity index (χ3v) is 5.10. The molecule has 2 aromatic carbocycles. The molecule has 134 valence electrons. The number of hydrogen-bond donors (Lipinski definition) is 0. The molecule has 9 heteroatoms. The van der Waals surface area contributed by atoms with Crippen LogP contribution in [0.1, 0.15) is 10.4 Å². The number of hydrogen-bond acceptors (Lipinski definition) is 7. The molecule has 1 heterocycles. The second-order valence-corrected chi connectivity index (χ2v) is 6.90. The van der Waals surface area contributed by atoms with E-state index in [4.69, 9.17) is 9.47 Å². The first-order valence-corrected chi connectivity index (χ1v) is 9.33. The number of ether oxygens (including phenoxy) is 2. The Kier molecular flexibility index (Phi) is 5.89. The standard InChI is InChI=1S/C17H15BrN4O3S/c1-24-15-8-7-11(9-12(15)18)14(23)10-26-17-19-20-21-22(17)13-5-3-4-6-16(13)25-2/h3-9H,10H2,1-2H3. The molecule has 0 saturated carbocycles. The third-order valence-electron chi connectivity index (χ3n) is 3.56. The number of thioether (sulfide) groups is 1. The van der Waals surface area contributed by atoms with Crippen molar-refractivity contribution in [2.45, 2.75) is 5.16 Å². The van der Waals surface area contributed by atoms with Gasteiger partial charge in [0.1, 0.15) is 17.2 Å². The van der Waals surface area contributed by atoms with Crippen LogP contribution in [0.4, 0.5) is 0 Å². The number of carbonyl (C=O) groups excluding carboxylic acids is 1. The maximum Gasteiger partial charge on any atom is 0.214 e. The van der Waals surface area contributed by atoms with Crippen LogP contribution in [-0.4, -0.2) is 46.0 Å². The molecule has 7 nitrogen and oxygen atoms in total. The number of ketones is 1. The van der Waals surface area contributed by atoms with Gasteiger partial charge >= 0.3 is 0 Å². The highest BCUT2D eigenvalue weighted by Crippen LogP contribution is 2.28. The Balaban J connectivity index is 1.76. The highest BCUT2D eigenvalue weighted by atomic mass is 79.9. The SMILES string of the molecule is COc1ccc(C(=O)CSc2nnnn2-c2ccccc2OC)cc1Br. The molecular formula is C17H15BrN4O3S. The number of benzene rings is 2. The van der Waals surface area contributed by atoms with E-state index in [1.54, 1.807) is 37.1 Å². The summed E-state index contributed by atoms with van der Waals surface area (Å²) in [6, 6.07) is 12.6. The number of nitrogens with zero attached hydrogens (tertiary/aromatic N) is 4. The minimum Gasteiger partial charge on any atom is -0.496 e. The minimum atomic E-state index is -0.0343. The lowest BCUT2D eigenvalue weighted by atomic mass is 10.1. The Morgan fingerprint density at radius 1 is 1.15 bits per heavy atom. The molecule has 0 radical (unpaired) electrons. The van der Waals surface area contributed by atoms with Crippen molar-refractivity contribution in [2.75, 3.05) is 20.0 Å². The van der Waals surface area contributed by atoms with Gasteiger partial charge in [0, 0.05) is 5.56 Å². The summed E-state index contributed by atoms with van der Waals surface area (Å²) < 4.78 is 12.8. The zero-order valence-corrected chi connectivity index (χ0v) is 16.5. The summed E-state index contributed by atoms with van der Waals surface area (Å²) in [6.45, 7) is 0. The lowest BCUT2D eigenvalue weighted by Gasteiger charge is -2.09. The first kappa shape index (κ1) is 18.4. The number of methoxy groups -OCH3 is 2. The Bertz CT molecular complexity index is 932. The van der Waals surface area contributed by atoms with Crippen LogP contribution in [0.3, 0.4) is 0 Å². The van der Waals surface area contributed by atoms with Crippen LogP contribution in [0.15, 0.2) is 52.1 Å². The molecule has 0 amide bonds. The highest BCUT2D eigenvalue weighted by Gasteiger charge is 2.16. The molecule has 3 rings (SSSR count). The van der Waals surface area contributed by atoms with E-state index in [1.807, 2.05) is 24.3 Å². The second-order valence-electron chi connectivity index (χ2n) is 5.11. The number of Topliss-reactive ketones (excluding diaryl/α,β-unsaturated/α-hetero) is 1. The molecule has 0 aliphatic heterocycles. The number of tetrazole rings is 1. The largest absolute Gasteiger partial charge is 0.496 e. The molecular weight excluding hydrogens is 420 g/mol. The van der Waals surface area contributed by atoms with Crippen molar-refractivity contribution in [2.24, 2.45) is 0 Å². The van der Waals surface area contributed by atoms with Crippen molar-refractivity contribution >= 4 is 33.5 Å². The van der Waals surface area contributed by atoms with Crippen LogP contribution >= 0.6 is 27.7 Å². The Morgan fingerprint density at radius 3 is 2.65 bits per heavy atom. The fourth-order valence-electron chi connectivity index (χ4n) is 2.28. The van der Waals surface area contributed by atoms with E-state index >= 15 is 0 Å². The summed E-state index contributed by atoms with van der Waals surface area (Å²) in [5.74, 6) is 1.49. The minimum absolute atomic E-state index is 0.0343. The molecule has 0 aliphatic rings. The zero-order valence-electron chi connectivity index (χ0n) is 14.0. The van der Waals surface area contributed by atoms with Gasteiger partial charge in [-0.2, -0.15) is 4.68 Å². The molecule has 3 aromatic rings. The van der Waals surface area contributed by atoms with Crippen LogP contribution in [0, 0.1) is 0 Å². The van der Waals surface area contributed by atoms with Crippen molar-refractivity contribution in [3.05, 3.63) is 52.5 Å². The average molecular weight is 435 g/mol. The average Bonchev–Trinajstić information content (AvgIpc) is 3.14. The maximum absolute atomic E-state index is 12.5. The molecule has 0 saturated heterocycles. The molecule has 0 atom stereocenters. The summed E-state index contributed by atoms with van der Waals surface area (Å²) in [4.78, 5) is 12.5.